The molecule has 0 aliphatic heterocycles. The third-order valence-corrected chi connectivity index (χ3v) is 2.19. The molecule has 0 aliphatic carbocycles. The van der Waals surface area contributed by atoms with Crippen LogP contribution in [0, 0.1) is 11.3 Å². The van der Waals surface area contributed by atoms with Crippen molar-refractivity contribution in [3.63, 3.8) is 0 Å². The molecule has 0 N–H and O–H groups in total. The molecule has 2 aromatic carbocycles. The van der Waals surface area contributed by atoms with Gasteiger partial charge in [0.05, 0.1) is 12.7 Å². The second kappa shape index (κ2) is 3.39. The first-order chi connectivity index (χ1) is 6.85. The van der Waals surface area contributed by atoms with Gasteiger partial charge in [-0.25, -0.2) is 0 Å². The Morgan fingerprint density at radius 1 is 1.14 bits per heavy atom. The van der Waals surface area contributed by atoms with Gasteiger partial charge in [-0.3, -0.25) is 0 Å². The normalized spacial score (nSPS) is 9.71. The Labute approximate surface area is 82.3 Å². The summed E-state index contributed by atoms with van der Waals surface area (Å²) in [6.07, 6.45) is 0. The van der Waals surface area contributed by atoms with Gasteiger partial charge in [-0.2, -0.15) is 5.26 Å². The minimum absolute atomic E-state index is 0.575. The highest BCUT2D eigenvalue weighted by atomic mass is 16.5. The average Bonchev–Trinajstić information content (AvgIpc) is 2.27. The van der Waals surface area contributed by atoms with E-state index < -0.39 is 0 Å². The number of nitrogens with zero attached hydrogens (tertiary/aromatic N) is 1. The first-order valence-corrected chi connectivity index (χ1v) is 4.32. The molecule has 2 heteroatoms. The molecular formula is C12H9NO. The second-order valence-electron chi connectivity index (χ2n) is 3.01. The summed E-state index contributed by atoms with van der Waals surface area (Å²) in [5.41, 5.74) is 0.575. The lowest BCUT2D eigenvalue weighted by Gasteiger charge is -2.04. The topological polar surface area (TPSA) is 33.0 Å². The smallest absolute Gasteiger partial charge is 0.137 e. The number of ether oxygens (including phenoxy) is 1. The predicted octanol–water partition coefficient (Wildman–Crippen LogP) is 2.72. The Morgan fingerprint density at radius 3 is 2.36 bits per heavy atom. The number of hydrogen-bond donors (Lipinski definition) is 0. The van der Waals surface area contributed by atoms with Gasteiger partial charge in [0.2, 0.25) is 0 Å². The maximum absolute atomic E-state index is 8.88. The van der Waals surface area contributed by atoms with Crippen LogP contribution in [0.2, 0.25) is 0 Å². The molecule has 0 unspecified atom stereocenters. The molecule has 0 amide bonds. The quantitative estimate of drug-likeness (QED) is 0.681. The van der Waals surface area contributed by atoms with Crippen molar-refractivity contribution in [1.82, 2.24) is 0 Å². The molecule has 2 aromatic rings. The molecule has 0 heterocycles. The van der Waals surface area contributed by atoms with Crippen molar-refractivity contribution >= 4 is 10.8 Å². The van der Waals surface area contributed by atoms with Gasteiger partial charge in [0.1, 0.15) is 11.8 Å². The molecule has 0 aliphatic rings. The van der Waals surface area contributed by atoms with E-state index in [0.717, 1.165) is 10.8 Å². The summed E-state index contributed by atoms with van der Waals surface area (Å²) in [5, 5.41) is 11.0. The summed E-state index contributed by atoms with van der Waals surface area (Å²) in [6, 6.07) is 13.7. The molecular weight excluding hydrogens is 174 g/mol. The number of hydrogen-bond acceptors (Lipinski definition) is 2. The van der Waals surface area contributed by atoms with Crippen LogP contribution in [0.15, 0.2) is 36.4 Å². The Balaban J connectivity index is 2.77. The minimum atomic E-state index is 0.575. The molecule has 0 bridgehead atoms. The van der Waals surface area contributed by atoms with E-state index >= 15 is 0 Å². The summed E-state index contributed by atoms with van der Waals surface area (Å²) in [5.74, 6) is 0.631. The van der Waals surface area contributed by atoms with Crippen LogP contribution in [0.25, 0.3) is 10.8 Å². The van der Waals surface area contributed by atoms with Crippen LogP contribution in [0.1, 0.15) is 5.56 Å². The molecule has 2 nitrogen and oxygen atoms in total. The summed E-state index contributed by atoms with van der Waals surface area (Å²) < 4.78 is 5.12. The Morgan fingerprint density at radius 2 is 1.79 bits per heavy atom. The van der Waals surface area contributed by atoms with E-state index in [1.165, 1.54) is 0 Å². The summed E-state index contributed by atoms with van der Waals surface area (Å²) in [4.78, 5) is 0. The fourth-order valence-corrected chi connectivity index (χ4v) is 1.48. The van der Waals surface area contributed by atoms with Gasteiger partial charge >= 0.3 is 0 Å². The monoisotopic (exact) mass is 183 g/mol. The molecule has 0 radical (unpaired) electrons. The third-order valence-electron chi connectivity index (χ3n) is 2.19. The summed E-state index contributed by atoms with van der Waals surface area (Å²) >= 11 is 0. The highest BCUT2D eigenvalue weighted by Crippen LogP contribution is 2.24. The van der Waals surface area contributed by atoms with Crippen molar-refractivity contribution < 1.29 is 4.74 Å². The maximum atomic E-state index is 8.88. The largest absolute Gasteiger partial charge is 0.495 e. The van der Waals surface area contributed by atoms with Crippen LogP contribution < -0.4 is 4.74 Å². The summed E-state index contributed by atoms with van der Waals surface area (Å²) in [6.45, 7) is 0. The maximum Gasteiger partial charge on any atom is 0.137 e. The van der Waals surface area contributed by atoms with Gasteiger partial charge in [0, 0.05) is 0 Å². The van der Waals surface area contributed by atoms with Crippen LogP contribution >= 0.6 is 0 Å². The Kier molecular flexibility index (Phi) is 2.08. The zero-order valence-corrected chi connectivity index (χ0v) is 7.82. The molecule has 0 atom stereocenters. The van der Waals surface area contributed by atoms with Crippen LogP contribution in [-0.2, 0) is 0 Å². The molecule has 0 fully saturated rings. The van der Waals surface area contributed by atoms with E-state index in [2.05, 4.69) is 6.07 Å². The van der Waals surface area contributed by atoms with Crippen LogP contribution in [0.4, 0.5) is 0 Å². The van der Waals surface area contributed by atoms with Gasteiger partial charge in [0.25, 0.3) is 0 Å². The zero-order chi connectivity index (χ0) is 9.97. The standard InChI is InChI=1S/C12H9NO/c1-14-12-7-10-5-3-2-4-9(10)6-11(12)8-13/h2-7H,1H3. The summed E-state index contributed by atoms with van der Waals surface area (Å²) in [7, 11) is 1.57. The van der Waals surface area contributed by atoms with Gasteiger partial charge in [-0.1, -0.05) is 24.3 Å². The number of fused-ring (bicyclic) bond motifs is 1. The van der Waals surface area contributed by atoms with Crippen molar-refractivity contribution in [2.45, 2.75) is 0 Å². The third kappa shape index (κ3) is 1.29. The minimum Gasteiger partial charge on any atom is -0.495 e. The number of benzene rings is 2. The Hall–Kier alpha value is -2.01. The van der Waals surface area contributed by atoms with E-state index in [1.54, 1.807) is 7.11 Å². The van der Waals surface area contributed by atoms with Crippen LogP contribution in [0.3, 0.4) is 0 Å². The molecule has 14 heavy (non-hydrogen) atoms. The lowest BCUT2D eigenvalue weighted by atomic mass is 10.1. The molecule has 2 rings (SSSR count). The van der Waals surface area contributed by atoms with Crippen LogP contribution in [-0.4, -0.2) is 7.11 Å². The second-order valence-corrected chi connectivity index (χ2v) is 3.01. The number of nitriles is 1. The van der Waals surface area contributed by atoms with Gasteiger partial charge in [0.15, 0.2) is 0 Å². The average molecular weight is 183 g/mol. The van der Waals surface area contributed by atoms with Crippen molar-refractivity contribution in [1.29, 1.82) is 5.26 Å². The molecule has 68 valence electrons. The van der Waals surface area contributed by atoms with Crippen molar-refractivity contribution in [3.05, 3.63) is 42.0 Å². The van der Waals surface area contributed by atoms with Gasteiger partial charge in [-0.15, -0.1) is 0 Å². The van der Waals surface area contributed by atoms with Gasteiger partial charge in [-0.05, 0) is 22.9 Å². The highest BCUT2D eigenvalue weighted by molar-refractivity contribution is 5.85. The van der Waals surface area contributed by atoms with E-state index in [4.69, 9.17) is 10.00 Å². The first kappa shape index (κ1) is 8.58. The predicted molar refractivity (Wildman–Crippen MR) is 55.2 cm³/mol. The van der Waals surface area contributed by atoms with Crippen molar-refractivity contribution in [2.75, 3.05) is 7.11 Å². The number of methoxy groups -OCH3 is 1. The Bertz CT molecular complexity index is 511. The fraction of sp³-hybridized carbons (Fsp3) is 0.0833. The van der Waals surface area contributed by atoms with Crippen molar-refractivity contribution in [3.8, 4) is 11.8 Å². The van der Waals surface area contributed by atoms with E-state index in [-0.39, 0.29) is 0 Å². The molecule has 0 spiro atoms. The molecule has 0 aromatic heterocycles. The molecule has 0 saturated heterocycles. The highest BCUT2D eigenvalue weighted by Gasteiger charge is 2.03. The van der Waals surface area contributed by atoms with Crippen LogP contribution in [0.5, 0.6) is 5.75 Å². The fourth-order valence-electron chi connectivity index (χ4n) is 1.48. The molecule has 0 saturated carbocycles. The van der Waals surface area contributed by atoms with Crippen molar-refractivity contribution in [2.24, 2.45) is 0 Å². The number of rotatable bonds is 1. The zero-order valence-electron chi connectivity index (χ0n) is 7.82. The van der Waals surface area contributed by atoms with E-state index in [9.17, 15) is 0 Å². The van der Waals surface area contributed by atoms with Gasteiger partial charge < -0.3 is 4.74 Å². The first-order valence-electron chi connectivity index (χ1n) is 4.32. The lowest BCUT2D eigenvalue weighted by molar-refractivity contribution is 0.414. The SMILES string of the molecule is COc1cc2ccccc2cc1C#N. The van der Waals surface area contributed by atoms with E-state index in [0.29, 0.717) is 11.3 Å². The van der Waals surface area contributed by atoms with E-state index in [1.807, 2.05) is 36.4 Å². The lowest BCUT2D eigenvalue weighted by Crippen LogP contribution is -1.87.